The summed E-state index contributed by atoms with van der Waals surface area (Å²) in [5.41, 5.74) is 3.50. The van der Waals surface area contributed by atoms with Crippen molar-refractivity contribution in [3.8, 4) is 0 Å². The first kappa shape index (κ1) is 13.2. The van der Waals surface area contributed by atoms with Crippen molar-refractivity contribution in [2.45, 2.75) is 6.61 Å². The van der Waals surface area contributed by atoms with Gasteiger partial charge in [0.05, 0.1) is 18.0 Å². The number of benzene rings is 2. The summed E-state index contributed by atoms with van der Waals surface area (Å²) in [6, 6.07) is 15.2. The second-order valence-corrected chi connectivity index (χ2v) is 4.44. The summed E-state index contributed by atoms with van der Waals surface area (Å²) >= 11 is 0. The highest BCUT2D eigenvalue weighted by Crippen LogP contribution is 2.21. The quantitative estimate of drug-likeness (QED) is 0.847. The van der Waals surface area contributed by atoms with Gasteiger partial charge in [-0.3, -0.25) is 0 Å². The van der Waals surface area contributed by atoms with E-state index in [2.05, 4.69) is 10.2 Å². The van der Waals surface area contributed by atoms with Gasteiger partial charge in [-0.1, -0.05) is 12.1 Å². The fourth-order valence-corrected chi connectivity index (χ4v) is 1.65. The average Bonchev–Trinajstić information content (AvgIpc) is 2.46. The predicted molar refractivity (Wildman–Crippen MR) is 77.3 cm³/mol. The predicted octanol–water partition coefficient (Wildman–Crippen LogP) is 3.66. The minimum atomic E-state index is 0.0148. The van der Waals surface area contributed by atoms with Crippen LogP contribution in [0.25, 0.3) is 0 Å². The molecule has 4 nitrogen and oxygen atoms in total. The third kappa shape index (κ3) is 3.63. The minimum absolute atomic E-state index is 0.0148. The zero-order valence-corrected chi connectivity index (χ0v) is 11.1. The molecule has 0 heterocycles. The third-order valence-corrected chi connectivity index (χ3v) is 2.74. The molecular weight excluding hydrogens is 238 g/mol. The van der Waals surface area contributed by atoms with Crippen LogP contribution in [-0.2, 0) is 6.61 Å². The highest BCUT2D eigenvalue weighted by atomic mass is 16.3. The smallest absolute Gasteiger partial charge is 0.0860 e. The van der Waals surface area contributed by atoms with E-state index in [0.717, 1.165) is 22.6 Å². The first-order chi connectivity index (χ1) is 9.19. The van der Waals surface area contributed by atoms with E-state index < -0.39 is 0 Å². The summed E-state index contributed by atoms with van der Waals surface area (Å²) in [6.07, 6.45) is 0. The largest absolute Gasteiger partial charge is 0.392 e. The molecule has 0 aromatic heterocycles. The molecule has 4 heteroatoms. The maximum absolute atomic E-state index is 9.05. The lowest BCUT2D eigenvalue weighted by atomic mass is 10.2. The molecule has 2 aromatic rings. The number of rotatable bonds is 4. The van der Waals surface area contributed by atoms with Gasteiger partial charge in [0.25, 0.3) is 0 Å². The molecule has 0 spiro atoms. The molecule has 0 fully saturated rings. The molecule has 0 aliphatic carbocycles. The Hall–Kier alpha value is -2.20. The number of azo groups is 1. The van der Waals surface area contributed by atoms with Gasteiger partial charge in [-0.15, -0.1) is 0 Å². The van der Waals surface area contributed by atoms with E-state index in [1.807, 2.05) is 67.5 Å². The third-order valence-electron chi connectivity index (χ3n) is 2.74. The standard InChI is InChI=1S/C15H17N3O/c1-18(2)15-8-6-13(7-9-15)16-17-14-5-3-4-12(10-14)11-19/h3-10,19H,11H2,1-2H3. The van der Waals surface area contributed by atoms with E-state index in [-0.39, 0.29) is 6.61 Å². The van der Waals surface area contributed by atoms with Crippen molar-refractivity contribution in [2.24, 2.45) is 10.2 Å². The Morgan fingerprint density at radius 3 is 2.26 bits per heavy atom. The Morgan fingerprint density at radius 2 is 1.63 bits per heavy atom. The van der Waals surface area contributed by atoms with Crippen LogP contribution in [0.1, 0.15) is 5.56 Å². The molecule has 0 saturated carbocycles. The van der Waals surface area contributed by atoms with Crippen LogP contribution in [-0.4, -0.2) is 19.2 Å². The van der Waals surface area contributed by atoms with Gasteiger partial charge in [0, 0.05) is 19.8 Å². The van der Waals surface area contributed by atoms with Crippen LogP contribution in [0.2, 0.25) is 0 Å². The first-order valence-electron chi connectivity index (χ1n) is 6.08. The minimum Gasteiger partial charge on any atom is -0.392 e. The number of hydrogen-bond acceptors (Lipinski definition) is 4. The van der Waals surface area contributed by atoms with Crippen LogP contribution >= 0.6 is 0 Å². The molecule has 0 aliphatic rings. The molecule has 1 N–H and O–H groups in total. The molecule has 0 radical (unpaired) electrons. The Kier molecular flexibility index (Phi) is 4.26. The summed E-state index contributed by atoms with van der Waals surface area (Å²) in [5, 5.41) is 17.4. The van der Waals surface area contributed by atoms with Crippen molar-refractivity contribution < 1.29 is 5.11 Å². The maximum atomic E-state index is 9.05. The molecule has 2 aromatic carbocycles. The SMILES string of the molecule is CN(C)c1ccc(N=Nc2cccc(CO)c2)cc1. The average molecular weight is 255 g/mol. The van der Waals surface area contributed by atoms with Gasteiger partial charge in [0.2, 0.25) is 0 Å². The van der Waals surface area contributed by atoms with Gasteiger partial charge >= 0.3 is 0 Å². The van der Waals surface area contributed by atoms with Crippen molar-refractivity contribution in [1.29, 1.82) is 0 Å². The van der Waals surface area contributed by atoms with E-state index in [4.69, 9.17) is 5.11 Å². The maximum Gasteiger partial charge on any atom is 0.0860 e. The van der Waals surface area contributed by atoms with Crippen LogP contribution in [0.15, 0.2) is 58.8 Å². The van der Waals surface area contributed by atoms with Gasteiger partial charge in [-0.25, -0.2) is 0 Å². The Labute approximate surface area is 113 Å². The lowest BCUT2D eigenvalue weighted by Gasteiger charge is -2.11. The molecule has 0 saturated heterocycles. The van der Waals surface area contributed by atoms with Crippen LogP contribution in [0.5, 0.6) is 0 Å². The topological polar surface area (TPSA) is 48.2 Å². The van der Waals surface area contributed by atoms with E-state index in [1.54, 1.807) is 0 Å². The van der Waals surface area contributed by atoms with Gasteiger partial charge < -0.3 is 10.0 Å². The first-order valence-corrected chi connectivity index (χ1v) is 6.08. The van der Waals surface area contributed by atoms with E-state index in [9.17, 15) is 0 Å². The highest BCUT2D eigenvalue weighted by Gasteiger charge is 1.96. The summed E-state index contributed by atoms with van der Waals surface area (Å²) in [6.45, 7) is 0.0148. The molecule has 98 valence electrons. The number of anilines is 1. The van der Waals surface area contributed by atoms with Crippen LogP contribution in [0.3, 0.4) is 0 Å². The fourth-order valence-electron chi connectivity index (χ4n) is 1.65. The second kappa shape index (κ2) is 6.11. The lowest BCUT2D eigenvalue weighted by molar-refractivity contribution is 0.282. The molecular formula is C15H17N3O. The number of nitrogens with zero attached hydrogens (tertiary/aromatic N) is 3. The van der Waals surface area contributed by atoms with Gasteiger partial charge in [0.1, 0.15) is 0 Å². The molecule has 0 aliphatic heterocycles. The van der Waals surface area contributed by atoms with Crippen LogP contribution in [0.4, 0.5) is 17.1 Å². The van der Waals surface area contributed by atoms with Crippen LogP contribution < -0.4 is 4.90 Å². The van der Waals surface area contributed by atoms with Crippen molar-refractivity contribution in [3.63, 3.8) is 0 Å². The fraction of sp³-hybridized carbons (Fsp3) is 0.200. The highest BCUT2D eigenvalue weighted by molar-refractivity contribution is 5.52. The van der Waals surface area contributed by atoms with Gasteiger partial charge in [-0.05, 0) is 42.0 Å². The van der Waals surface area contributed by atoms with Crippen molar-refractivity contribution in [2.75, 3.05) is 19.0 Å². The lowest BCUT2D eigenvalue weighted by Crippen LogP contribution is -2.07. The second-order valence-electron chi connectivity index (χ2n) is 4.44. The molecule has 0 bridgehead atoms. The summed E-state index contributed by atoms with van der Waals surface area (Å²) in [5.74, 6) is 0. The summed E-state index contributed by atoms with van der Waals surface area (Å²) in [4.78, 5) is 2.03. The molecule has 0 amide bonds. The zero-order valence-electron chi connectivity index (χ0n) is 11.1. The summed E-state index contributed by atoms with van der Waals surface area (Å²) in [7, 11) is 3.99. The normalized spacial score (nSPS) is 10.9. The van der Waals surface area contributed by atoms with E-state index >= 15 is 0 Å². The molecule has 2 rings (SSSR count). The van der Waals surface area contributed by atoms with Crippen molar-refractivity contribution >= 4 is 17.1 Å². The summed E-state index contributed by atoms with van der Waals surface area (Å²) < 4.78 is 0. The van der Waals surface area contributed by atoms with Crippen LogP contribution in [0, 0.1) is 0 Å². The van der Waals surface area contributed by atoms with E-state index in [1.165, 1.54) is 0 Å². The van der Waals surface area contributed by atoms with Crippen molar-refractivity contribution in [1.82, 2.24) is 0 Å². The number of hydrogen-bond donors (Lipinski definition) is 1. The Morgan fingerprint density at radius 1 is 0.947 bits per heavy atom. The Bertz CT molecular complexity index is 562. The molecule has 0 atom stereocenters. The Balaban J connectivity index is 2.13. The molecule has 19 heavy (non-hydrogen) atoms. The monoisotopic (exact) mass is 255 g/mol. The number of aliphatic hydroxyl groups excluding tert-OH is 1. The zero-order chi connectivity index (χ0) is 13.7. The van der Waals surface area contributed by atoms with Crippen molar-refractivity contribution in [3.05, 3.63) is 54.1 Å². The number of aliphatic hydroxyl groups is 1. The van der Waals surface area contributed by atoms with E-state index in [0.29, 0.717) is 0 Å². The molecule has 0 unspecified atom stereocenters. The van der Waals surface area contributed by atoms with Gasteiger partial charge in [0.15, 0.2) is 0 Å². The van der Waals surface area contributed by atoms with Gasteiger partial charge in [-0.2, -0.15) is 10.2 Å².